The average molecular weight is 422 g/mol. The van der Waals surface area contributed by atoms with Crippen molar-refractivity contribution in [3.63, 3.8) is 0 Å². The maximum atomic E-state index is 13.1. The molecule has 0 atom stereocenters. The maximum absolute atomic E-state index is 13.1. The van der Waals surface area contributed by atoms with Crippen molar-refractivity contribution >= 4 is 17.6 Å². The predicted molar refractivity (Wildman–Crippen MR) is 118 cm³/mol. The van der Waals surface area contributed by atoms with Crippen molar-refractivity contribution in [1.82, 2.24) is 9.78 Å². The third-order valence-corrected chi connectivity index (χ3v) is 7.94. The number of carboxylic acids is 1. The summed E-state index contributed by atoms with van der Waals surface area (Å²) in [6, 6.07) is 7.96. The van der Waals surface area contributed by atoms with Crippen LogP contribution in [0.4, 0.5) is 5.69 Å². The van der Waals surface area contributed by atoms with Gasteiger partial charge in [0.15, 0.2) is 0 Å². The molecule has 1 aromatic carbocycles. The Morgan fingerprint density at radius 3 is 2.23 bits per heavy atom. The zero-order chi connectivity index (χ0) is 21.7. The van der Waals surface area contributed by atoms with Crippen LogP contribution in [-0.2, 0) is 22.6 Å². The lowest BCUT2D eigenvalue weighted by molar-refractivity contribution is -0.136. The molecule has 2 N–H and O–H groups in total. The van der Waals surface area contributed by atoms with Crippen molar-refractivity contribution in [2.75, 3.05) is 5.32 Å². The van der Waals surface area contributed by atoms with Crippen LogP contribution in [0.2, 0.25) is 0 Å². The van der Waals surface area contributed by atoms with Crippen molar-refractivity contribution in [2.24, 2.45) is 29.6 Å². The molecule has 1 heterocycles. The van der Waals surface area contributed by atoms with Gasteiger partial charge < -0.3 is 10.4 Å². The van der Waals surface area contributed by atoms with Gasteiger partial charge >= 0.3 is 5.97 Å². The van der Waals surface area contributed by atoms with Gasteiger partial charge in [-0.2, -0.15) is 5.10 Å². The second-order valence-corrected chi connectivity index (χ2v) is 10.0. The molecule has 4 aliphatic carbocycles. The summed E-state index contributed by atoms with van der Waals surface area (Å²) in [7, 11) is 0. The van der Waals surface area contributed by atoms with Crippen LogP contribution < -0.4 is 5.32 Å². The van der Waals surface area contributed by atoms with Gasteiger partial charge in [-0.3, -0.25) is 14.3 Å². The van der Waals surface area contributed by atoms with E-state index in [2.05, 4.69) is 10.4 Å². The van der Waals surface area contributed by atoms with E-state index in [1.54, 1.807) is 0 Å². The monoisotopic (exact) mass is 421 g/mol. The van der Waals surface area contributed by atoms with Gasteiger partial charge in [-0.15, -0.1) is 0 Å². The van der Waals surface area contributed by atoms with Crippen molar-refractivity contribution in [2.45, 2.75) is 58.9 Å². The molecule has 0 aliphatic heterocycles. The highest BCUT2D eigenvalue weighted by Gasteiger charge is 2.50. The first kappa shape index (κ1) is 20.3. The second-order valence-electron chi connectivity index (χ2n) is 10.0. The standard InChI is InChI=1S/C25H31N3O3/c1-14-22(12-23(29)30)15(2)28(27-14)13-16-3-5-21(6-4-16)26-25(31)24-19-8-17-7-18(10-19)11-20(24)9-17/h3-6,17-20,24H,7-13H2,1-2H3,(H,26,31)(H,29,30). The van der Waals surface area contributed by atoms with Crippen molar-refractivity contribution < 1.29 is 14.7 Å². The molecule has 4 fully saturated rings. The number of carbonyl (C=O) groups excluding carboxylic acids is 1. The fourth-order valence-electron chi connectivity index (χ4n) is 6.74. The number of aliphatic carboxylic acids is 1. The summed E-state index contributed by atoms with van der Waals surface area (Å²) in [5.74, 6) is 2.47. The number of hydrogen-bond donors (Lipinski definition) is 2. The Balaban J connectivity index is 1.24. The first-order valence-electron chi connectivity index (χ1n) is 11.5. The summed E-state index contributed by atoms with van der Waals surface area (Å²) >= 11 is 0. The number of nitrogens with zero attached hydrogens (tertiary/aromatic N) is 2. The molecule has 31 heavy (non-hydrogen) atoms. The molecule has 0 radical (unpaired) electrons. The molecule has 0 unspecified atom stereocenters. The van der Waals surface area contributed by atoms with E-state index in [1.807, 2.05) is 42.8 Å². The molecule has 4 bridgehead atoms. The number of amides is 1. The fourth-order valence-corrected chi connectivity index (χ4v) is 6.74. The highest BCUT2D eigenvalue weighted by atomic mass is 16.4. The van der Waals surface area contributed by atoms with Gasteiger partial charge in [0.05, 0.1) is 18.7 Å². The van der Waals surface area contributed by atoms with Crippen molar-refractivity contribution in [1.29, 1.82) is 0 Å². The number of aryl methyl sites for hydroxylation is 1. The van der Waals surface area contributed by atoms with Crippen LogP contribution in [0, 0.1) is 43.4 Å². The minimum Gasteiger partial charge on any atom is -0.481 e. The molecule has 164 valence electrons. The van der Waals surface area contributed by atoms with Crippen molar-refractivity contribution in [3.05, 3.63) is 46.8 Å². The average Bonchev–Trinajstić information content (AvgIpc) is 2.95. The van der Waals surface area contributed by atoms with Gasteiger partial charge in [0, 0.05) is 22.9 Å². The summed E-state index contributed by atoms with van der Waals surface area (Å²) in [5.41, 5.74) is 4.35. The molecule has 6 rings (SSSR count). The number of carbonyl (C=O) groups is 2. The normalized spacial score (nSPS) is 28.6. The molecular weight excluding hydrogens is 390 g/mol. The number of hydrogen-bond acceptors (Lipinski definition) is 3. The van der Waals surface area contributed by atoms with E-state index < -0.39 is 5.97 Å². The van der Waals surface area contributed by atoms with Gasteiger partial charge in [-0.05, 0) is 87.3 Å². The Labute approximate surface area is 183 Å². The molecule has 0 spiro atoms. The fraction of sp³-hybridized carbons (Fsp3) is 0.560. The SMILES string of the molecule is Cc1nn(Cc2ccc(NC(=O)C3C4CC5CC(C4)CC3C5)cc2)c(C)c1CC(=O)O. The van der Waals surface area contributed by atoms with E-state index in [0.29, 0.717) is 18.4 Å². The first-order chi connectivity index (χ1) is 14.9. The van der Waals surface area contributed by atoms with Gasteiger partial charge in [-0.25, -0.2) is 0 Å². The minimum absolute atomic E-state index is 0.00666. The molecule has 4 aliphatic rings. The summed E-state index contributed by atoms with van der Waals surface area (Å²) < 4.78 is 1.86. The molecule has 4 saturated carbocycles. The third-order valence-electron chi connectivity index (χ3n) is 7.94. The Morgan fingerprint density at radius 2 is 1.65 bits per heavy atom. The number of nitrogens with one attached hydrogen (secondary N) is 1. The van der Waals surface area contributed by atoms with Crippen LogP contribution >= 0.6 is 0 Å². The molecule has 6 nitrogen and oxygen atoms in total. The highest BCUT2D eigenvalue weighted by Crippen LogP contribution is 2.56. The summed E-state index contributed by atoms with van der Waals surface area (Å²) in [6.45, 7) is 4.35. The zero-order valence-electron chi connectivity index (χ0n) is 18.3. The lowest BCUT2D eigenvalue weighted by atomic mass is 9.51. The summed E-state index contributed by atoms with van der Waals surface area (Å²) in [6.07, 6.45) is 6.38. The molecule has 6 heteroatoms. The Kier molecular flexibility index (Phi) is 5.11. The molecule has 1 amide bonds. The van der Waals surface area contributed by atoms with Crippen LogP contribution in [-0.4, -0.2) is 26.8 Å². The third kappa shape index (κ3) is 3.88. The zero-order valence-corrected chi connectivity index (χ0v) is 18.3. The van der Waals surface area contributed by atoms with E-state index >= 15 is 0 Å². The Hall–Kier alpha value is -2.63. The van der Waals surface area contributed by atoms with E-state index in [-0.39, 0.29) is 18.2 Å². The number of carboxylic acid groups (broad SMARTS) is 1. The lowest BCUT2D eigenvalue weighted by Gasteiger charge is -2.53. The Morgan fingerprint density at radius 1 is 1.03 bits per heavy atom. The van der Waals surface area contributed by atoms with Gasteiger partial charge in [0.2, 0.25) is 5.91 Å². The summed E-state index contributed by atoms with van der Waals surface area (Å²) in [5, 5.41) is 16.8. The van der Waals surface area contributed by atoms with Gasteiger partial charge in [-0.1, -0.05) is 12.1 Å². The van der Waals surface area contributed by atoms with Crippen LogP contribution in [0.1, 0.15) is 54.6 Å². The van der Waals surface area contributed by atoms with Crippen LogP contribution in [0.15, 0.2) is 24.3 Å². The first-order valence-corrected chi connectivity index (χ1v) is 11.5. The summed E-state index contributed by atoms with van der Waals surface area (Å²) in [4.78, 5) is 24.2. The Bertz CT molecular complexity index is 980. The largest absolute Gasteiger partial charge is 0.481 e. The molecule has 1 aromatic heterocycles. The maximum Gasteiger partial charge on any atom is 0.307 e. The number of rotatable bonds is 6. The van der Waals surface area contributed by atoms with Crippen LogP contribution in [0.5, 0.6) is 0 Å². The topological polar surface area (TPSA) is 84.2 Å². The van der Waals surface area contributed by atoms with Crippen LogP contribution in [0.3, 0.4) is 0 Å². The smallest absolute Gasteiger partial charge is 0.307 e. The van der Waals surface area contributed by atoms with E-state index in [4.69, 9.17) is 5.11 Å². The number of anilines is 1. The lowest BCUT2D eigenvalue weighted by Crippen LogP contribution is -2.49. The number of aromatic nitrogens is 2. The van der Waals surface area contributed by atoms with Gasteiger partial charge in [0.1, 0.15) is 0 Å². The van der Waals surface area contributed by atoms with E-state index in [0.717, 1.165) is 40.0 Å². The second kappa shape index (κ2) is 7.81. The quantitative estimate of drug-likeness (QED) is 0.733. The number of benzene rings is 1. The minimum atomic E-state index is -0.843. The highest BCUT2D eigenvalue weighted by molar-refractivity contribution is 5.93. The van der Waals surface area contributed by atoms with Crippen LogP contribution in [0.25, 0.3) is 0 Å². The van der Waals surface area contributed by atoms with Gasteiger partial charge in [0.25, 0.3) is 0 Å². The molecular formula is C25H31N3O3. The van der Waals surface area contributed by atoms with E-state index in [1.165, 1.54) is 32.1 Å². The molecule has 2 aromatic rings. The van der Waals surface area contributed by atoms with E-state index in [9.17, 15) is 9.59 Å². The predicted octanol–water partition coefficient (Wildman–Crippen LogP) is 4.19. The van der Waals surface area contributed by atoms with Crippen molar-refractivity contribution in [3.8, 4) is 0 Å². The molecule has 0 saturated heterocycles.